The molecule has 0 unspecified atom stereocenters. The third-order valence-electron chi connectivity index (χ3n) is 3.36. The largest absolute Gasteiger partial charge is 0.494 e. The molecular weight excluding hydrogens is 288 g/mol. The molecule has 0 radical (unpaired) electrons. The molecule has 0 amide bonds. The quantitative estimate of drug-likeness (QED) is 0.835. The van der Waals surface area contributed by atoms with Crippen LogP contribution in [0.4, 0.5) is 0 Å². The van der Waals surface area contributed by atoms with Crippen molar-refractivity contribution in [3.05, 3.63) is 23.8 Å². The summed E-state index contributed by atoms with van der Waals surface area (Å²) in [5.41, 5.74) is 6.22. The highest BCUT2D eigenvalue weighted by atomic mass is 32.2. The second-order valence-corrected chi connectivity index (χ2v) is 8.03. The van der Waals surface area contributed by atoms with Crippen LogP contribution in [0.2, 0.25) is 0 Å². The Morgan fingerprint density at radius 1 is 1.33 bits per heavy atom. The van der Waals surface area contributed by atoms with Crippen LogP contribution in [0.3, 0.4) is 0 Å². The van der Waals surface area contributed by atoms with E-state index in [-0.39, 0.29) is 10.3 Å². The monoisotopic (exact) mass is 314 g/mol. The van der Waals surface area contributed by atoms with Gasteiger partial charge in [-0.05, 0) is 49.6 Å². The fourth-order valence-corrected chi connectivity index (χ4v) is 3.48. The summed E-state index contributed by atoms with van der Waals surface area (Å²) in [4.78, 5) is 0.277. The third kappa shape index (κ3) is 4.43. The van der Waals surface area contributed by atoms with E-state index >= 15 is 0 Å². The molecule has 1 aromatic rings. The van der Waals surface area contributed by atoms with Gasteiger partial charge in [0.2, 0.25) is 10.0 Å². The first-order chi connectivity index (χ1) is 9.64. The number of hydrogen-bond donors (Lipinski definition) is 1. The van der Waals surface area contributed by atoms with Gasteiger partial charge in [-0.25, -0.2) is 12.7 Å². The fourth-order valence-electron chi connectivity index (χ4n) is 2.03. The Bertz CT molecular complexity index is 583. The molecule has 5 nitrogen and oxygen atoms in total. The number of aryl methyl sites for hydroxylation is 1. The van der Waals surface area contributed by atoms with E-state index in [1.807, 2.05) is 27.7 Å². The van der Waals surface area contributed by atoms with Crippen molar-refractivity contribution in [1.29, 1.82) is 0 Å². The van der Waals surface area contributed by atoms with Crippen LogP contribution in [0.15, 0.2) is 23.1 Å². The lowest BCUT2D eigenvalue weighted by Gasteiger charge is -2.28. The molecular formula is C15H26N2O3S. The van der Waals surface area contributed by atoms with Gasteiger partial charge in [-0.1, -0.05) is 13.8 Å². The van der Waals surface area contributed by atoms with E-state index in [9.17, 15) is 8.42 Å². The molecule has 120 valence electrons. The van der Waals surface area contributed by atoms with Crippen molar-refractivity contribution < 1.29 is 13.2 Å². The van der Waals surface area contributed by atoms with E-state index in [2.05, 4.69) is 0 Å². The highest BCUT2D eigenvalue weighted by Crippen LogP contribution is 2.25. The van der Waals surface area contributed by atoms with Gasteiger partial charge in [0.05, 0.1) is 11.5 Å². The molecule has 0 saturated heterocycles. The van der Waals surface area contributed by atoms with Crippen LogP contribution >= 0.6 is 0 Å². The van der Waals surface area contributed by atoms with Gasteiger partial charge in [0, 0.05) is 13.6 Å². The van der Waals surface area contributed by atoms with E-state index in [1.165, 1.54) is 4.31 Å². The van der Waals surface area contributed by atoms with Crippen LogP contribution in [0, 0.1) is 12.3 Å². The lowest BCUT2D eigenvalue weighted by Crippen LogP contribution is -2.39. The van der Waals surface area contributed by atoms with Gasteiger partial charge in [-0.3, -0.25) is 0 Å². The smallest absolute Gasteiger partial charge is 0.242 e. The molecule has 2 N–H and O–H groups in total. The van der Waals surface area contributed by atoms with E-state index in [4.69, 9.17) is 10.5 Å². The zero-order valence-corrected chi connectivity index (χ0v) is 14.3. The van der Waals surface area contributed by atoms with Crippen LogP contribution in [0.5, 0.6) is 5.75 Å². The first kappa shape index (κ1) is 17.9. The van der Waals surface area contributed by atoms with E-state index in [0.29, 0.717) is 25.4 Å². The predicted molar refractivity (Wildman–Crippen MR) is 85.0 cm³/mol. The van der Waals surface area contributed by atoms with Crippen molar-refractivity contribution in [3.63, 3.8) is 0 Å². The Kier molecular flexibility index (Phi) is 5.78. The molecule has 1 rings (SSSR count). The van der Waals surface area contributed by atoms with Crippen molar-refractivity contribution >= 4 is 10.0 Å². The Morgan fingerprint density at radius 3 is 2.43 bits per heavy atom. The van der Waals surface area contributed by atoms with Gasteiger partial charge in [0.1, 0.15) is 5.75 Å². The second kappa shape index (κ2) is 6.77. The SMILES string of the molecule is CCOc1ccc(S(=O)(=O)N(C)CC(C)(C)CN)cc1C. The number of rotatable bonds is 7. The summed E-state index contributed by atoms with van der Waals surface area (Å²) in [5.74, 6) is 0.710. The van der Waals surface area contributed by atoms with E-state index < -0.39 is 10.0 Å². The summed E-state index contributed by atoms with van der Waals surface area (Å²) >= 11 is 0. The van der Waals surface area contributed by atoms with Gasteiger partial charge in [-0.15, -0.1) is 0 Å². The molecule has 1 aromatic carbocycles. The van der Waals surface area contributed by atoms with Crippen LogP contribution in [-0.4, -0.2) is 39.5 Å². The minimum absolute atomic E-state index is 0.262. The van der Waals surface area contributed by atoms with Crippen LogP contribution < -0.4 is 10.5 Å². The zero-order chi connectivity index (χ0) is 16.3. The number of benzene rings is 1. The van der Waals surface area contributed by atoms with Crippen molar-refractivity contribution in [3.8, 4) is 5.75 Å². The minimum Gasteiger partial charge on any atom is -0.494 e. The maximum atomic E-state index is 12.6. The molecule has 0 aromatic heterocycles. The summed E-state index contributed by atoms with van der Waals surface area (Å²) in [6.07, 6.45) is 0. The molecule has 0 aliphatic carbocycles. The minimum atomic E-state index is -3.51. The second-order valence-electron chi connectivity index (χ2n) is 5.99. The first-order valence-corrected chi connectivity index (χ1v) is 8.48. The maximum Gasteiger partial charge on any atom is 0.242 e. The average molecular weight is 314 g/mol. The molecule has 6 heteroatoms. The molecule has 0 aliphatic rings. The molecule has 0 saturated carbocycles. The highest BCUT2D eigenvalue weighted by Gasteiger charge is 2.27. The lowest BCUT2D eigenvalue weighted by molar-refractivity contribution is 0.292. The number of nitrogens with two attached hydrogens (primary N) is 1. The number of sulfonamides is 1. The lowest BCUT2D eigenvalue weighted by atomic mass is 9.94. The summed E-state index contributed by atoms with van der Waals surface area (Å²) in [6.45, 7) is 8.98. The third-order valence-corrected chi connectivity index (χ3v) is 5.16. The summed E-state index contributed by atoms with van der Waals surface area (Å²) in [7, 11) is -1.93. The van der Waals surface area contributed by atoms with Crippen molar-refractivity contribution in [1.82, 2.24) is 4.31 Å². The predicted octanol–water partition coefficient (Wildman–Crippen LogP) is 2.00. The topological polar surface area (TPSA) is 72.6 Å². The molecule has 0 spiro atoms. The normalized spacial score (nSPS) is 12.7. The number of ether oxygens (including phenoxy) is 1. The van der Waals surface area contributed by atoms with E-state index in [0.717, 1.165) is 5.56 Å². The Hall–Kier alpha value is -1.11. The molecule has 0 atom stereocenters. The van der Waals surface area contributed by atoms with Gasteiger partial charge in [0.15, 0.2) is 0 Å². The van der Waals surface area contributed by atoms with Crippen LogP contribution in [0.25, 0.3) is 0 Å². The van der Waals surface area contributed by atoms with Gasteiger partial charge in [0.25, 0.3) is 0 Å². The van der Waals surface area contributed by atoms with Crippen molar-refractivity contribution in [2.24, 2.45) is 11.1 Å². The number of hydrogen-bond acceptors (Lipinski definition) is 4. The van der Waals surface area contributed by atoms with Crippen molar-refractivity contribution in [2.45, 2.75) is 32.6 Å². The molecule has 21 heavy (non-hydrogen) atoms. The van der Waals surface area contributed by atoms with Crippen molar-refractivity contribution in [2.75, 3.05) is 26.7 Å². The average Bonchev–Trinajstić information content (AvgIpc) is 2.40. The van der Waals surface area contributed by atoms with Crippen LogP contribution in [-0.2, 0) is 10.0 Å². The van der Waals surface area contributed by atoms with Gasteiger partial charge in [-0.2, -0.15) is 0 Å². The Morgan fingerprint density at radius 2 is 1.95 bits per heavy atom. The molecule has 0 heterocycles. The molecule has 0 bridgehead atoms. The van der Waals surface area contributed by atoms with E-state index in [1.54, 1.807) is 25.2 Å². The Balaban J connectivity index is 3.05. The van der Waals surface area contributed by atoms with Crippen LogP contribution in [0.1, 0.15) is 26.3 Å². The summed E-state index contributed by atoms with van der Waals surface area (Å²) in [6, 6.07) is 4.93. The number of nitrogens with zero attached hydrogens (tertiary/aromatic N) is 1. The highest BCUT2D eigenvalue weighted by molar-refractivity contribution is 7.89. The molecule has 0 fully saturated rings. The zero-order valence-electron chi connectivity index (χ0n) is 13.5. The Labute approximate surface area is 128 Å². The van der Waals surface area contributed by atoms with Gasteiger partial charge >= 0.3 is 0 Å². The molecule has 0 aliphatic heterocycles. The van der Waals surface area contributed by atoms with Gasteiger partial charge < -0.3 is 10.5 Å². The standard InChI is InChI=1S/C15H26N2O3S/c1-6-20-14-8-7-13(9-12(14)2)21(18,19)17(5)11-15(3,4)10-16/h7-9H,6,10-11,16H2,1-5H3. The fraction of sp³-hybridized carbons (Fsp3) is 0.600. The first-order valence-electron chi connectivity index (χ1n) is 7.04. The summed E-state index contributed by atoms with van der Waals surface area (Å²) in [5, 5.41) is 0. The maximum absolute atomic E-state index is 12.6. The summed E-state index contributed by atoms with van der Waals surface area (Å²) < 4.78 is 32.0.